The van der Waals surface area contributed by atoms with Gasteiger partial charge in [-0.2, -0.15) is 0 Å². The SMILES string of the molecule is CC1CCC(C(NC(=O)N2CCC[C@H]2C)C(=O)Nc2cc3c(cn2)C2(CCOCC2)C(=O)N3)CC1. The lowest BCUT2D eigenvalue weighted by molar-refractivity contribution is -0.124. The van der Waals surface area contributed by atoms with E-state index in [1.165, 1.54) is 0 Å². The van der Waals surface area contributed by atoms with Crippen molar-refractivity contribution in [3.63, 3.8) is 0 Å². The molecule has 0 aromatic carbocycles. The lowest BCUT2D eigenvalue weighted by Crippen LogP contribution is -2.53. The zero-order valence-electron chi connectivity index (χ0n) is 20.8. The van der Waals surface area contributed by atoms with Crippen molar-refractivity contribution in [1.82, 2.24) is 15.2 Å². The van der Waals surface area contributed by atoms with Crippen molar-refractivity contribution < 1.29 is 19.1 Å². The van der Waals surface area contributed by atoms with E-state index >= 15 is 0 Å². The van der Waals surface area contributed by atoms with E-state index in [1.54, 1.807) is 12.3 Å². The molecule has 2 atom stereocenters. The molecule has 1 aromatic heterocycles. The summed E-state index contributed by atoms with van der Waals surface area (Å²) >= 11 is 0. The summed E-state index contributed by atoms with van der Waals surface area (Å²) in [5, 5.41) is 8.98. The normalized spacial score (nSPS) is 28.3. The number of hydrogen-bond donors (Lipinski definition) is 3. The van der Waals surface area contributed by atoms with Gasteiger partial charge in [-0.3, -0.25) is 9.59 Å². The monoisotopic (exact) mass is 483 g/mol. The topological polar surface area (TPSA) is 113 Å². The maximum Gasteiger partial charge on any atom is 0.318 e. The molecule has 4 amide bonds. The Morgan fingerprint density at radius 2 is 1.91 bits per heavy atom. The standard InChI is InChI=1S/C26H37N5O4/c1-16-5-7-18(8-6-16)22(30-25(34)31-11-3-4-17(31)2)23(32)29-21-14-20-19(15-27-21)26(24(33)28-20)9-12-35-13-10-26/h14-18,22H,3-13H2,1-2H3,(H,28,33)(H,30,34)(H,27,29,32)/t16?,17-,18?,22?/m1/s1. The van der Waals surface area contributed by atoms with Crippen LogP contribution in [-0.4, -0.2) is 59.6 Å². The molecule has 1 unspecified atom stereocenters. The van der Waals surface area contributed by atoms with E-state index in [1.807, 2.05) is 4.90 Å². The molecule has 190 valence electrons. The van der Waals surface area contributed by atoms with Crippen LogP contribution in [0.5, 0.6) is 0 Å². The first-order valence-electron chi connectivity index (χ1n) is 13.1. The minimum Gasteiger partial charge on any atom is -0.381 e. The lowest BCUT2D eigenvalue weighted by Gasteiger charge is -2.34. The molecule has 4 heterocycles. The number of nitrogens with zero attached hydrogens (tertiary/aromatic N) is 2. The Hall–Kier alpha value is -2.68. The molecule has 3 N–H and O–H groups in total. The minimum absolute atomic E-state index is 0.0257. The summed E-state index contributed by atoms with van der Waals surface area (Å²) in [5.41, 5.74) is 0.975. The maximum absolute atomic E-state index is 13.5. The number of nitrogens with one attached hydrogen (secondary N) is 3. The number of aromatic nitrogens is 1. The van der Waals surface area contributed by atoms with Crippen molar-refractivity contribution >= 4 is 29.4 Å². The number of anilines is 2. The average Bonchev–Trinajstić information content (AvgIpc) is 3.39. The Kier molecular flexibility index (Phi) is 6.70. The number of likely N-dealkylation sites (tertiary alicyclic amines) is 1. The highest BCUT2D eigenvalue weighted by Gasteiger charge is 2.48. The molecule has 4 aliphatic rings. The maximum atomic E-state index is 13.5. The fourth-order valence-electron chi connectivity index (χ4n) is 6.26. The van der Waals surface area contributed by atoms with Crippen LogP contribution in [0.4, 0.5) is 16.3 Å². The molecule has 0 radical (unpaired) electrons. The molecule has 35 heavy (non-hydrogen) atoms. The smallest absolute Gasteiger partial charge is 0.318 e. The van der Waals surface area contributed by atoms with E-state index in [0.29, 0.717) is 43.5 Å². The number of urea groups is 1. The van der Waals surface area contributed by atoms with Gasteiger partial charge in [0, 0.05) is 43.6 Å². The van der Waals surface area contributed by atoms with Gasteiger partial charge >= 0.3 is 6.03 Å². The van der Waals surface area contributed by atoms with Crippen LogP contribution in [0.1, 0.15) is 70.8 Å². The first kappa shape index (κ1) is 24.0. The van der Waals surface area contributed by atoms with Crippen molar-refractivity contribution in [3.8, 4) is 0 Å². The molecule has 3 aliphatic heterocycles. The summed E-state index contributed by atoms with van der Waals surface area (Å²) in [6, 6.07) is 1.14. The van der Waals surface area contributed by atoms with Crippen molar-refractivity contribution in [2.24, 2.45) is 11.8 Å². The average molecular weight is 484 g/mol. The first-order chi connectivity index (χ1) is 16.9. The van der Waals surface area contributed by atoms with Crippen LogP contribution < -0.4 is 16.0 Å². The second kappa shape index (κ2) is 9.76. The predicted molar refractivity (Wildman–Crippen MR) is 132 cm³/mol. The fourth-order valence-corrected chi connectivity index (χ4v) is 6.26. The van der Waals surface area contributed by atoms with Gasteiger partial charge < -0.3 is 25.6 Å². The fraction of sp³-hybridized carbons (Fsp3) is 0.692. The van der Waals surface area contributed by atoms with Crippen LogP contribution in [-0.2, 0) is 19.7 Å². The van der Waals surface area contributed by atoms with E-state index in [4.69, 9.17) is 4.74 Å². The molecule has 2 saturated heterocycles. The molecule has 1 spiro atoms. The summed E-state index contributed by atoms with van der Waals surface area (Å²) in [4.78, 5) is 45.7. The van der Waals surface area contributed by atoms with E-state index in [2.05, 4.69) is 34.8 Å². The van der Waals surface area contributed by atoms with Gasteiger partial charge in [-0.15, -0.1) is 0 Å². The Morgan fingerprint density at radius 3 is 2.60 bits per heavy atom. The van der Waals surface area contributed by atoms with Crippen LogP contribution in [0.2, 0.25) is 0 Å². The highest BCUT2D eigenvalue weighted by Crippen LogP contribution is 2.44. The zero-order valence-corrected chi connectivity index (χ0v) is 20.8. The molecule has 1 saturated carbocycles. The predicted octanol–water partition coefficient (Wildman–Crippen LogP) is 3.41. The van der Waals surface area contributed by atoms with Gasteiger partial charge in [0.1, 0.15) is 11.9 Å². The molecule has 1 aromatic rings. The van der Waals surface area contributed by atoms with Gasteiger partial charge in [-0.1, -0.05) is 19.8 Å². The van der Waals surface area contributed by atoms with Crippen LogP contribution in [0.15, 0.2) is 12.3 Å². The third-order valence-electron chi connectivity index (χ3n) is 8.61. The van der Waals surface area contributed by atoms with Gasteiger partial charge in [-0.05, 0) is 57.3 Å². The quantitative estimate of drug-likeness (QED) is 0.608. The zero-order chi connectivity index (χ0) is 24.6. The first-order valence-corrected chi connectivity index (χ1v) is 13.1. The molecule has 1 aliphatic carbocycles. The number of carbonyl (C=O) groups is 3. The summed E-state index contributed by atoms with van der Waals surface area (Å²) in [6.45, 7) is 6.11. The van der Waals surface area contributed by atoms with E-state index in [-0.39, 0.29) is 29.8 Å². The summed E-state index contributed by atoms with van der Waals surface area (Å²) in [7, 11) is 0. The second-order valence-corrected chi connectivity index (χ2v) is 10.9. The largest absolute Gasteiger partial charge is 0.381 e. The van der Waals surface area contributed by atoms with Crippen molar-refractivity contribution in [3.05, 3.63) is 17.8 Å². The third kappa shape index (κ3) is 4.62. The van der Waals surface area contributed by atoms with Crippen LogP contribution in [0.25, 0.3) is 0 Å². The van der Waals surface area contributed by atoms with E-state index < -0.39 is 11.5 Å². The van der Waals surface area contributed by atoms with Gasteiger partial charge in [-0.25, -0.2) is 9.78 Å². The van der Waals surface area contributed by atoms with Gasteiger partial charge in [0.25, 0.3) is 0 Å². The minimum atomic E-state index is -0.616. The summed E-state index contributed by atoms with van der Waals surface area (Å²) in [5.74, 6) is 0.845. The molecular formula is C26H37N5O4. The van der Waals surface area contributed by atoms with E-state index in [0.717, 1.165) is 50.6 Å². The molecule has 0 bridgehead atoms. The number of hydrogen-bond acceptors (Lipinski definition) is 5. The summed E-state index contributed by atoms with van der Waals surface area (Å²) < 4.78 is 5.47. The molecule has 9 nitrogen and oxygen atoms in total. The number of pyridine rings is 1. The molecular weight excluding hydrogens is 446 g/mol. The van der Waals surface area contributed by atoms with Gasteiger partial charge in [0.15, 0.2) is 0 Å². The van der Waals surface area contributed by atoms with Crippen molar-refractivity contribution in [2.75, 3.05) is 30.4 Å². The van der Waals surface area contributed by atoms with Crippen LogP contribution in [0.3, 0.4) is 0 Å². The molecule has 3 fully saturated rings. The third-order valence-corrected chi connectivity index (χ3v) is 8.61. The number of amides is 4. The lowest BCUT2D eigenvalue weighted by atomic mass is 9.76. The van der Waals surface area contributed by atoms with Crippen molar-refractivity contribution in [2.45, 2.75) is 82.7 Å². The van der Waals surface area contributed by atoms with Crippen LogP contribution in [0, 0.1) is 11.8 Å². The Morgan fingerprint density at radius 1 is 1.17 bits per heavy atom. The van der Waals surface area contributed by atoms with Crippen molar-refractivity contribution in [1.29, 1.82) is 0 Å². The Bertz CT molecular complexity index is 984. The Balaban J connectivity index is 1.33. The van der Waals surface area contributed by atoms with E-state index in [9.17, 15) is 14.4 Å². The highest BCUT2D eigenvalue weighted by atomic mass is 16.5. The molecule has 5 rings (SSSR count). The summed E-state index contributed by atoms with van der Waals surface area (Å²) in [6.07, 6.45) is 8.87. The number of fused-ring (bicyclic) bond motifs is 2. The highest BCUT2D eigenvalue weighted by molar-refractivity contribution is 6.07. The Labute approximate surface area is 206 Å². The van der Waals surface area contributed by atoms with Crippen LogP contribution >= 0.6 is 0 Å². The molecule has 9 heteroatoms. The van der Waals surface area contributed by atoms with Gasteiger partial charge in [0.05, 0.1) is 11.1 Å². The number of ether oxygens (including phenoxy) is 1. The number of rotatable bonds is 4. The second-order valence-electron chi connectivity index (χ2n) is 10.9. The number of carbonyl (C=O) groups excluding carboxylic acids is 3. The van der Waals surface area contributed by atoms with Gasteiger partial charge in [0.2, 0.25) is 11.8 Å².